The van der Waals surface area contributed by atoms with Gasteiger partial charge in [-0.1, -0.05) is 23.5 Å². The van der Waals surface area contributed by atoms with Crippen molar-refractivity contribution in [2.75, 3.05) is 34.8 Å². The summed E-state index contributed by atoms with van der Waals surface area (Å²) in [5, 5.41) is 8.08. The van der Waals surface area contributed by atoms with Gasteiger partial charge in [-0.3, -0.25) is 9.59 Å². The third-order valence-electron chi connectivity index (χ3n) is 5.72. The van der Waals surface area contributed by atoms with Gasteiger partial charge in [0.05, 0.1) is 0 Å². The fraction of sp³-hybridized carbons (Fsp3) is 0.381. The zero-order valence-corrected chi connectivity index (χ0v) is 18.2. The fourth-order valence-corrected chi connectivity index (χ4v) is 4.97. The molecule has 0 bridgehead atoms. The Labute approximate surface area is 183 Å². The summed E-state index contributed by atoms with van der Waals surface area (Å²) in [5.41, 5.74) is 2.11. The van der Waals surface area contributed by atoms with Gasteiger partial charge in [-0.2, -0.15) is 10.1 Å². The number of fused-ring (bicyclic) bond motifs is 3. The first-order valence-corrected chi connectivity index (χ1v) is 11.2. The zero-order chi connectivity index (χ0) is 21.5. The van der Waals surface area contributed by atoms with Gasteiger partial charge in [-0.25, -0.2) is 9.67 Å². The minimum atomic E-state index is -0.115. The van der Waals surface area contributed by atoms with Gasteiger partial charge in [0, 0.05) is 50.2 Å². The second-order valence-electron chi connectivity index (χ2n) is 7.71. The summed E-state index contributed by atoms with van der Waals surface area (Å²) in [7, 11) is 1.64. The molecule has 1 N–H and O–H groups in total. The highest BCUT2D eigenvalue weighted by Gasteiger charge is 2.37. The molecule has 1 amide bonds. The first-order chi connectivity index (χ1) is 15.0. The van der Waals surface area contributed by atoms with Gasteiger partial charge in [-0.05, 0) is 31.9 Å². The third kappa shape index (κ3) is 3.46. The molecule has 0 saturated carbocycles. The van der Waals surface area contributed by atoms with E-state index in [0.29, 0.717) is 35.4 Å². The van der Waals surface area contributed by atoms with Gasteiger partial charge < -0.3 is 15.1 Å². The number of carbonyl (C=O) groups excluding carboxylic acids is 1. The predicted octanol–water partition coefficient (Wildman–Crippen LogP) is 2.36. The number of aromatic nitrogens is 4. The number of hydrogen-bond donors (Lipinski definition) is 1. The lowest BCUT2D eigenvalue weighted by molar-refractivity contribution is 0.0988. The van der Waals surface area contributed by atoms with Crippen molar-refractivity contribution in [1.29, 1.82) is 0 Å². The van der Waals surface area contributed by atoms with Gasteiger partial charge in [0.15, 0.2) is 0 Å². The average Bonchev–Trinajstić information content (AvgIpc) is 3.35. The van der Waals surface area contributed by atoms with E-state index >= 15 is 0 Å². The van der Waals surface area contributed by atoms with Gasteiger partial charge in [0.1, 0.15) is 16.4 Å². The van der Waals surface area contributed by atoms with Crippen molar-refractivity contribution in [3.05, 3.63) is 45.7 Å². The van der Waals surface area contributed by atoms with Crippen molar-refractivity contribution in [3.63, 3.8) is 0 Å². The molecule has 2 aliphatic heterocycles. The number of carbonyl (C=O) groups is 1. The van der Waals surface area contributed by atoms with Crippen LogP contribution < -0.4 is 20.0 Å². The van der Waals surface area contributed by atoms with Crippen LogP contribution in [0.15, 0.2) is 35.3 Å². The first-order valence-electron chi connectivity index (χ1n) is 10.4. The Morgan fingerprint density at radius 1 is 1.29 bits per heavy atom. The van der Waals surface area contributed by atoms with Crippen LogP contribution in [0.25, 0.3) is 10.6 Å². The summed E-state index contributed by atoms with van der Waals surface area (Å²) < 4.78 is 1.33. The molecule has 9 nitrogen and oxygen atoms in total. The van der Waals surface area contributed by atoms with Crippen LogP contribution in [-0.2, 0) is 7.05 Å². The second-order valence-corrected chi connectivity index (χ2v) is 8.65. The molecule has 1 aromatic carbocycles. The predicted molar refractivity (Wildman–Crippen MR) is 121 cm³/mol. The second kappa shape index (κ2) is 7.77. The van der Waals surface area contributed by atoms with Crippen molar-refractivity contribution >= 4 is 34.7 Å². The number of hydrogen-bond acceptors (Lipinski definition) is 8. The fourth-order valence-electron chi connectivity index (χ4n) is 4.22. The molecule has 1 saturated heterocycles. The number of anilines is 3. The molecule has 1 atom stereocenters. The Balaban J connectivity index is 1.56. The number of nitrogens with one attached hydrogen (secondary N) is 1. The van der Waals surface area contributed by atoms with Gasteiger partial charge in [0.25, 0.3) is 5.91 Å². The quantitative estimate of drug-likeness (QED) is 0.669. The molecule has 1 fully saturated rings. The standard InChI is InChI=1S/C21H23N7O2S/c1-3-22-20-23-11-16-17(24-20)27-9-5-8-15(27)12-28(19(16)29)14-7-4-6-13(10-14)18-25-26(2)21(30)31-18/h4,6-7,10-11,15H,3,5,8-9,12H2,1-2H3,(H,22,23,24)/t15-/m0/s1. The van der Waals surface area contributed by atoms with E-state index in [1.54, 1.807) is 18.1 Å². The molecule has 10 heteroatoms. The molecule has 5 rings (SSSR count). The van der Waals surface area contributed by atoms with E-state index in [0.717, 1.165) is 42.0 Å². The smallest absolute Gasteiger partial charge is 0.325 e. The summed E-state index contributed by atoms with van der Waals surface area (Å²) in [6, 6.07) is 7.85. The molecule has 3 aromatic rings. The monoisotopic (exact) mass is 437 g/mol. The van der Waals surface area contributed by atoms with E-state index in [4.69, 9.17) is 0 Å². The zero-order valence-electron chi connectivity index (χ0n) is 17.4. The Hall–Kier alpha value is -3.27. The average molecular weight is 438 g/mol. The number of aryl methyl sites for hydroxylation is 1. The van der Waals surface area contributed by atoms with Crippen LogP contribution in [0.4, 0.5) is 17.5 Å². The van der Waals surface area contributed by atoms with Crippen molar-refractivity contribution in [1.82, 2.24) is 19.7 Å². The SMILES string of the molecule is CCNc1ncc2c(n1)N1CCC[C@H]1CN(c1cccc(-c3nn(C)c(=O)s3)c1)C2=O. The maximum atomic E-state index is 13.6. The number of nitrogens with zero attached hydrogens (tertiary/aromatic N) is 6. The summed E-state index contributed by atoms with van der Waals surface area (Å²) in [5.74, 6) is 1.14. The highest BCUT2D eigenvalue weighted by atomic mass is 32.1. The van der Waals surface area contributed by atoms with Gasteiger partial charge in [-0.15, -0.1) is 0 Å². The lowest BCUT2D eigenvalue weighted by Crippen LogP contribution is -2.39. The largest absolute Gasteiger partial charge is 0.354 e. The van der Waals surface area contributed by atoms with Gasteiger partial charge in [0.2, 0.25) is 5.95 Å². The molecule has 4 heterocycles. The molecule has 0 spiro atoms. The Morgan fingerprint density at radius 2 is 2.16 bits per heavy atom. The Morgan fingerprint density at radius 3 is 2.94 bits per heavy atom. The summed E-state index contributed by atoms with van der Waals surface area (Å²) in [6.07, 6.45) is 3.70. The molecule has 0 unspecified atom stereocenters. The van der Waals surface area contributed by atoms with E-state index in [2.05, 4.69) is 25.3 Å². The topological polar surface area (TPSA) is 96.2 Å². The van der Waals surface area contributed by atoms with Crippen molar-refractivity contribution in [2.24, 2.45) is 7.05 Å². The lowest BCUT2D eigenvalue weighted by Gasteiger charge is -2.27. The van der Waals surface area contributed by atoms with Crippen LogP contribution >= 0.6 is 11.3 Å². The van der Waals surface area contributed by atoms with E-state index in [1.807, 2.05) is 31.2 Å². The van der Waals surface area contributed by atoms with E-state index < -0.39 is 0 Å². The van der Waals surface area contributed by atoms with Gasteiger partial charge >= 0.3 is 4.87 Å². The van der Waals surface area contributed by atoms with Crippen LogP contribution in [0.3, 0.4) is 0 Å². The lowest BCUT2D eigenvalue weighted by atomic mass is 10.1. The van der Waals surface area contributed by atoms with E-state index in [-0.39, 0.29) is 16.8 Å². The Kier molecular flexibility index (Phi) is 4.93. The first kappa shape index (κ1) is 19.7. The maximum absolute atomic E-state index is 13.6. The molecular formula is C21H23N7O2S. The van der Waals surface area contributed by atoms with Crippen molar-refractivity contribution < 1.29 is 4.79 Å². The van der Waals surface area contributed by atoms with Crippen LogP contribution in [-0.4, -0.2) is 51.3 Å². The molecule has 2 aromatic heterocycles. The van der Waals surface area contributed by atoms with E-state index in [9.17, 15) is 9.59 Å². The molecule has 0 radical (unpaired) electrons. The highest BCUT2D eigenvalue weighted by molar-refractivity contribution is 7.12. The summed E-state index contributed by atoms with van der Waals surface area (Å²) in [6.45, 7) is 4.16. The number of amides is 1. The van der Waals surface area contributed by atoms with Crippen LogP contribution in [0.2, 0.25) is 0 Å². The molecular weight excluding hydrogens is 414 g/mol. The molecule has 160 valence electrons. The molecule has 0 aliphatic carbocycles. The van der Waals surface area contributed by atoms with Crippen LogP contribution in [0.1, 0.15) is 30.1 Å². The van der Waals surface area contributed by atoms with E-state index in [1.165, 1.54) is 4.68 Å². The van der Waals surface area contributed by atoms with Crippen molar-refractivity contribution in [3.8, 4) is 10.6 Å². The molecule has 31 heavy (non-hydrogen) atoms. The Bertz CT molecular complexity index is 1200. The normalized spacial score (nSPS) is 18.0. The van der Waals surface area contributed by atoms with Crippen LogP contribution in [0.5, 0.6) is 0 Å². The maximum Gasteiger partial charge on any atom is 0.325 e. The van der Waals surface area contributed by atoms with Crippen LogP contribution in [0, 0.1) is 0 Å². The number of benzene rings is 1. The minimum Gasteiger partial charge on any atom is -0.354 e. The summed E-state index contributed by atoms with van der Waals surface area (Å²) in [4.78, 5) is 38.4. The summed E-state index contributed by atoms with van der Waals surface area (Å²) >= 11 is 1.10. The third-order valence-corrected chi connectivity index (χ3v) is 6.66. The minimum absolute atomic E-state index is 0.112. The highest BCUT2D eigenvalue weighted by Crippen LogP contribution is 2.35. The number of rotatable bonds is 4. The molecule has 2 aliphatic rings. The van der Waals surface area contributed by atoms with Crippen molar-refractivity contribution in [2.45, 2.75) is 25.8 Å².